The molecule has 2 atom stereocenters. The summed E-state index contributed by atoms with van der Waals surface area (Å²) in [6.07, 6.45) is 5.26. The number of hydrogen-bond acceptors (Lipinski definition) is 5. The van der Waals surface area contributed by atoms with Gasteiger partial charge in [0.1, 0.15) is 0 Å². The van der Waals surface area contributed by atoms with Crippen LogP contribution in [0, 0.1) is 0 Å². The maximum Gasteiger partial charge on any atom is 0.253 e. The summed E-state index contributed by atoms with van der Waals surface area (Å²) in [7, 11) is 2.19. The zero-order chi connectivity index (χ0) is 27.1. The summed E-state index contributed by atoms with van der Waals surface area (Å²) in [6, 6.07) is 12.6. The van der Waals surface area contributed by atoms with E-state index in [2.05, 4.69) is 50.1 Å². The minimum atomic E-state index is 0.125. The van der Waals surface area contributed by atoms with Crippen LogP contribution in [0.5, 0.6) is 11.5 Å². The Bertz CT molecular complexity index is 1100. The normalized spacial score (nSPS) is 18.8. The third kappa shape index (κ3) is 6.23. The van der Waals surface area contributed by atoms with Gasteiger partial charge in [0.05, 0.1) is 25.0 Å². The van der Waals surface area contributed by atoms with Crippen molar-refractivity contribution < 1.29 is 14.3 Å². The molecule has 0 aliphatic carbocycles. The summed E-state index contributed by atoms with van der Waals surface area (Å²) in [5.41, 5.74) is 5.17. The van der Waals surface area contributed by atoms with E-state index in [9.17, 15) is 4.79 Å². The molecular formula is C32H45N3O3. The number of hydrogen-bond donors (Lipinski definition) is 0. The summed E-state index contributed by atoms with van der Waals surface area (Å²) in [6.45, 7) is 13.2. The number of ether oxygens (including phenoxy) is 2. The monoisotopic (exact) mass is 519 g/mol. The molecule has 1 fully saturated rings. The van der Waals surface area contributed by atoms with Crippen LogP contribution in [0.2, 0.25) is 0 Å². The standard InChI is InChI=1S/C32H45N3O3/c1-6-10-17-35(18-11-7-2)32(36)24-14-12-23(13-15-24)31-26-21-30(38-9-4)29(37-8-3)20-25(26)27-22-34(5)19-16-28(27)33-31/h12-15,20-21,27-28H,6-11,16-19,22H2,1-5H3/t27-,28-/m0/s1. The molecule has 1 saturated heterocycles. The first-order chi connectivity index (χ1) is 18.5. The number of rotatable bonds is 12. The molecule has 0 bridgehead atoms. The summed E-state index contributed by atoms with van der Waals surface area (Å²) < 4.78 is 12.0. The lowest BCUT2D eigenvalue weighted by atomic mass is 9.79. The summed E-state index contributed by atoms with van der Waals surface area (Å²) >= 11 is 0. The van der Waals surface area contributed by atoms with Gasteiger partial charge in [0.15, 0.2) is 11.5 Å². The maximum absolute atomic E-state index is 13.3. The van der Waals surface area contributed by atoms with Gasteiger partial charge in [-0.1, -0.05) is 38.8 Å². The molecule has 2 heterocycles. The Balaban J connectivity index is 1.69. The smallest absolute Gasteiger partial charge is 0.253 e. The van der Waals surface area contributed by atoms with E-state index in [0.717, 1.165) is 92.2 Å². The van der Waals surface area contributed by atoms with Crippen molar-refractivity contribution in [2.45, 2.75) is 71.8 Å². The molecule has 4 rings (SSSR count). The van der Waals surface area contributed by atoms with E-state index < -0.39 is 0 Å². The number of aliphatic imine (C=N–C) groups is 1. The molecule has 206 valence electrons. The first kappa shape index (κ1) is 28.2. The maximum atomic E-state index is 13.3. The molecule has 2 aromatic carbocycles. The van der Waals surface area contributed by atoms with Crippen LogP contribution in [0.15, 0.2) is 41.4 Å². The van der Waals surface area contributed by atoms with Crippen LogP contribution in [0.1, 0.15) is 92.8 Å². The average molecular weight is 520 g/mol. The van der Waals surface area contributed by atoms with Crippen LogP contribution in [0.25, 0.3) is 0 Å². The van der Waals surface area contributed by atoms with Gasteiger partial charge in [-0.15, -0.1) is 0 Å². The van der Waals surface area contributed by atoms with Crippen LogP contribution < -0.4 is 9.47 Å². The molecular weight excluding hydrogens is 474 g/mol. The van der Waals surface area contributed by atoms with Crippen LogP contribution in [-0.4, -0.2) is 73.9 Å². The highest BCUT2D eigenvalue weighted by atomic mass is 16.5. The van der Waals surface area contributed by atoms with E-state index in [4.69, 9.17) is 14.5 Å². The molecule has 2 aliphatic rings. The number of fused-ring (bicyclic) bond motifs is 3. The van der Waals surface area contributed by atoms with Gasteiger partial charge in [-0.2, -0.15) is 0 Å². The Morgan fingerprint density at radius 2 is 1.61 bits per heavy atom. The Labute approximate surface area is 229 Å². The molecule has 38 heavy (non-hydrogen) atoms. The van der Waals surface area contributed by atoms with Crippen molar-refractivity contribution in [2.75, 3.05) is 46.4 Å². The van der Waals surface area contributed by atoms with Gasteiger partial charge >= 0.3 is 0 Å². The number of nitrogens with zero attached hydrogens (tertiary/aromatic N) is 3. The first-order valence-corrected chi connectivity index (χ1v) is 14.6. The number of piperidine rings is 1. The molecule has 6 heteroatoms. The third-order valence-electron chi connectivity index (χ3n) is 7.70. The predicted octanol–water partition coefficient (Wildman–Crippen LogP) is 6.17. The second-order valence-corrected chi connectivity index (χ2v) is 10.5. The van der Waals surface area contributed by atoms with Gasteiger partial charge in [0, 0.05) is 42.2 Å². The molecule has 1 amide bonds. The van der Waals surface area contributed by atoms with Crippen molar-refractivity contribution in [1.82, 2.24) is 9.80 Å². The van der Waals surface area contributed by atoms with Gasteiger partial charge in [-0.25, -0.2) is 0 Å². The fourth-order valence-electron chi connectivity index (χ4n) is 5.62. The van der Waals surface area contributed by atoms with Crippen molar-refractivity contribution in [3.05, 3.63) is 58.7 Å². The van der Waals surface area contributed by atoms with E-state index in [1.54, 1.807) is 0 Å². The first-order valence-electron chi connectivity index (χ1n) is 14.6. The third-order valence-corrected chi connectivity index (χ3v) is 7.70. The number of carbonyl (C=O) groups excluding carboxylic acids is 1. The highest BCUT2D eigenvalue weighted by molar-refractivity contribution is 6.15. The number of likely N-dealkylation sites (tertiary alicyclic amines) is 1. The van der Waals surface area contributed by atoms with E-state index >= 15 is 0 Å². The van der Waals surface area contributed by atoms with E-state index in [1.165, 1.54) is 5.56 Å². The highest BCUT2D eigenvalue weighted by Crippen LogP contribution is 2.42. The van der Waals surface area contributed by atoms with Gasteiger partial charge < -0.3 is 19.3 Å². The molecule has 0 spiro atoms. The molecule has 2 aromatic rings. The highest BCUT2D eigenvalue weighted by Gasteiger charge is 2.36. The Morgan fingerprint density at radius 1 is 0.974 bits per heavy atom. The van der Waals surface area contributed by atoms with Crippen LogP contribution in [0.4, 0.5) is 0 Å². The van der Waals surface area contributed by atoms with Gasteiger partial charge in [-0.3, -0.25) is 9.79 Å². The van der Waals surface area contributed by atoms with Crippen LogP contribution in [-0.2, 0) is 0 Å². The Kier molecular flexibility index (Phi) is 9.84. The van der Waals surface area contributed by atoms with E-state index in [0.29, 0.717) is 19.1 Å². The zero-order valence-corrected chi connectivity index (χ0v) is 24.0. The largest absolute Gasteiger partial charge is 0.490 e. The van der Waals surface area contributed by atoms with Crippen LogP contribution >= 0.6 is 0 Å². The lowest BCUT2D eigenvalue weighted by Crippen LogP contribution is -2.41. The fraction of sp³-hybridized carbons (Fsp3) is 0.562. The topological polar surface area (TPSA) is 54.4 Å². The SMILES string of the molecule is CCCCN(CCCC)C(=O)c1ccc(C2=N[C@H]3CCN(C)C[C@H]3c3cc(OCC)c(OCC)cc32)cc1. The summed E-state index contributed by atoms with van der Waals surface area (Å²) in [5.74, 6) is 2.02. The fourth-order valence-corrected chi connectivity index (χ4v) is 5.62. The Hall–Kier alpha value is -2.86. The Morgan fingerprint density at radius 3 is 2.21 bits per heavy atom. The summed E-state index contributed by atoms with van der Waals surface area (Å²) in [5, 5.41) is 0. The summed E-state index contributed by atoms with van der Waals surface area (Å²) in [4.78, 5) is 23.1. The molecule has 6 nitrogen and oxygen atoms in total. The van der Waals surface area contributed by atoms with E-state index in [-0.39, 0.29) is 11.9 Å². The second-order valence-electron chi connectivity index (χ2n) is 10.5. The quantitative estimate of drug-likeness (QED) is 0.337. The number of benzene rings is 2. The van der Waals surface area contributed by atoms with Crippen molar-refractivity contribution in [1.29, 1.82) is 0 Å². The van der Waals surface area contributed by atoms with Crippen molar-refractivity contribution in [3.63, 3.8) is 0 Å². The van der Waals surface area contributed by atoms with Crippen molar-refractivity contribution in [3.8, 4) is 11.5 Å². The number of amides is 1. The van der Waals surface area contributed by atoms with Gasteiger partial charge in [0.2, 0.25) is 0 Å². The molecule has 2 aliphatic heterocycles. The lowest BCUT2D eigenvalue weighted by Gasteiger charge is -2.39. The van der Waals surface area contributed by atoms with Crippen molar-refractivity contribution >= 4 is 11.6 Å². The number of carbonyl (C=O) groups is 1. The minimum Gasteiger partial charge on any atom is -0.490 e. The molecule has 0 unspecified atom stereocenters. The minimum absolute atomic E-state index is 0.125. The van der Waals surface area contributed by atoms with Crippen LogP contribution in [0.3, 0.4) is 0 Å². The number of unbranched alkanes of at least 4 members (excludes halogenated alkanes) is 2. The van der Waals surface area contributed by atoms with Gasteiger partial charge in [0.25, 0.3) is 5.91 Å². The zero-order valence-electron chi connectivity index (χ0n) is 24.0. The van der Waals surface area contributed by atoms with Gasteiger partial charge in [-0.05, 0) is 76.5 Å². The predicted molar refractivity (Wildman–Crippen MR) is 155 cm³/mol. The lowest BCUT2D eigenvalue weighted by molar-refractivity contribution is 0.0751. The van der Waals surface area contributed by atoms with E-state index in [1.807, 2.05) is 30.9 Å². The molecule has 0 aromatic heterocycles. The van der Waals surface area contributed by atoms with Crippen molar-refractivity contribution in [2.24, 2.45) is 4.99 Å². The molecule has 0 N–H and O–H groups in total. The number of likely N-dealkylation sites (N-methyl/N-ethyl adjacent to an activating group) is 1. The second kappa shape index (κ2) is 13.3. The molecule has 0 saturated carbocycles. The molecule has 0 radical (unpaired) electrons. The average Bonchev–Trinajstić information content (AvgIpc) is 2.93.